The molecule has 5 nitrogen and oxygen atoms in total. The van der Waals surface area contributed by atoms with E-state index < -0.39 is 10.0 Å². The fourth-order valence-electron chi connectivity index (χ4n) is 0.681. The third kappa shape index (κ3) is 2.49. The van der Waals surface area contributed by atoms with Gasteiger partial charge in [-0.3, -0.25) is 9.40 Å². The van der Waals surface area contributed by atoms with Gasteiger partial charge >= 0.3 is 0 Å². The summed E-state index contributed by atoms with van der Waals surface area (Å²) in [4.78, 5) is 0. The molecule has 1 N–H and O–H groups in total. The number of rotatable bonds is 3. The maximum Gasteiger partial charge on any atom is 0.242 e. The van der Waals surface area contributed by atoms with Crippen molar-refractivity contribution < 1.29 is 8.42 Å². The minimum atomic E-state index is -3.25. The number of aryl methyl sites for hydroxylation is 1. The summed E-state index contributed by atoms with van der Waals surface area (Å²) in [6.07, 6.45) is 3.03. The van der Waals surface area contributed by atoms with Crippen LogP contribution in [0.15, 0.2) is 12.4 Å². The summed E-state index contributed by atoms with van der Waals surface area (Å²) < 4.78 is 25.7. The molecule has 0 saturated heterocycles. The maximum absolute atomic E-state index is 11.0. The van der Waals surface area contributed by atoms with Crippen LogP contribution in [0, 0.1) is 0 Å². The Bertz CT molecular complexity index is 359. The molecule has 0 aliphatic rings. The van der Waals surface area contributed by atoms with Crippen molar-refractivity contribution in [1.82, 2.24) is 9.78 Å². The van der Waals surface area contributed by atoms with Crippen LogP contribution in [0.2, 0.25) is 0 Å². The van der Waals surface area contributed by atoms with Gasteiger partial charge in [-0.1, -0.05) is 15.9 Å². The third-order valence-electron chi connectivity index (χ3n) is 1.12. The highest BCUT2D eigenvalue weighted by Gasteiger charge is 2.07. The second-order valence-corrected chi connectivity index (χ2v) is 5.25. The van der Waals surface area contributed by atoms with Crippen molar-refractivity contribution in [1.29, 1.82) is 0 Å². The van der Waals surface area contributed by atoms with Crippen molar-refractivity contribution >= 4 is 31.6 Å². The van der Waals surface area contributed by atoms with Crippen LogP contribution in [-0.4, -0.2) is 22.9 Å². The fourth-order valence-corrected chi connectivity index (χ4v) is 1.54. The van der Waals surface area contributed by atoms with Crippen LogP contribution in [0.5, 0.6) is 0 Å². The average molecular weight is 254 g/mol. The molecule has 0 fully saturated rings. The first-order valence-electron chi connectivity index (χ1n) is 3.08. The van der Waals surface area contributed by atoms with E-state index in [2.05, 4.69) is 25.8 Å². The van der Waals surface area contributed by atoms with E-state index >= 15 is 0 Å². The van der Waals surface area contributed by atoms with Gasteiger partial charge in [0.1, 0.15) is 4.66 Å². The molecule has 0 aliphatic heterocycles. The van der Waals surface area contributed by atoms with Crippen LogP contribution in [0.4, 0.5) is 5.69 Å². The molecule has 0 radical (unpaired) electrons. The predicted molar refractivity (Wildman–Crippen MR) is 49.5 cm³/mol. The monoisotopic (exact) mass is 253 g/mol. The molecule has 0 bridgehead atoms. The summed E-state index contributed by atoms with van der Waals surface area (Å²) in [6.45, 7) is 0. The molecule has 0 atom stereocenters. The number of nitrogens with one attached hydrogen (secondary N) is 1. The Labute approximate surface area is 78.9 Å². The quantitative estimate of drug-likeness (QED) is 0.799. The highest BCUT2D eigenvalue weighted by molar-refractivity contribution is 9.10. The lowest BCUT2D eigenvalue weighted by Gasteiger charge is -1.99. The van der Waals surface area contributed by atoms with E-state index in [0.29, 0.717) is 5.69 Å². The van der Waals surface area contributed by atoms with Crippen LogP contribution >= 0.6 is 15.9 Å². The topological polar surface area (TPSA) is 64.0 Å². The molecule has 0 unspecified atom stereocenters. The molecular weight excluding hydrogens is 246 g/mol. The number of halogens is 1. The largest absolute Gasteiger partial charge is 0.280 e. The van der Waals surface area contributed by atoms with Gasteiger partial charge in [0, 0.05) is 13.2 Å². The zero-order valence-corrected chi connectivity index (χ0v) is 8.76. The molecule has 0 aromatic carbocycles. The van der Waals surface area contributed by atoms with E-state index in [9.17, 15) is 8.42 Å². The number of nitrogens with zero attached hydrogens (tertiary/aromatic N) is 2. The van der Waals surface area contributed by atoms with E-state index in [1.165, 1.54) is 10.9 Å². The van der Waals surface area contributed by atoms with Crippen molar-refractivity contribution in [3.05, 3.63) is 12.4 Å². The zero-order chi connectivity index (χ0) is 9.19. The summed E-state index contributed by atoms with van der Waals surface area (Å²) in [5.74, 6) is 0. The Hall–Kier alpha value is -0.560. The van der Waals surface area contributed by atoms with E-state index in [1.807, 2.05) is 0 Å². The Kier molecular flexibility index (Phi) is 2.73. The van der Waals surface area contributed by atoms with Crippen molar-refractivity contribution in [2.75, 3.05) is 9.38 Å². The molecule has 1 rings (SSSR count). The molecule has 12 heavy (non-hydrogen) atoms. The first kappa shape index (κ1) is 9.53. The van der Waals surface area contributed by atoms with Crippen molar-refractivity contribution in [3.63, 3.8) is 0 Å². The van der Waals surface area contributed by atoms with Gasteiger partial charge in [0.25, 0.3) is 0 Å². The molecular formula is C5H8BrN3O2S. The Balaban J connectivity index is 2.77. The normalized spacial score (nSPS) is 11.5. The Morgan fingerprint density at radius 1 is 1.75 bits per heavy atom. The van der Waals surface area contributed by atoms with Crippen molar-refractivity contribution in [2.45, 2.75) is 0 Å². The van der Waals surface area contributed by atoms with Crippen molar-refractivity contribution in [2.24, 2.45) is 7.05 Å². The second-order valence-electron chi connectivity index (χ2n) is 2.23. The van der Waals surface area contributed by atoms with Gasteiger partial charge in [-0.2, -0.15) is 5.10 Å². The first-order valence-corrected chi connectivity index (χ1v) is 5.86. The Morgan fingerprint density at radius 2 is 2.42 bits per heavy atom. The molecule has 0 spiro atoms. The summed E-state index contributed by atoms with van der Waals surface area (Å²) in [5, 5.41) is 3.81. The van der Waals surface area contributed by atoms with Crippen LogP contribution in [0.3, 0.4) is 0 Å². The number of hydrogen-bond donors (Lipinski definition) is 1. The lowest BCUT2D eigenvalue weighted by atomic mass is 10.6. The maximum atomic E-state index is 11.0. The number of aromatic nitrogens is 2. The summed E-state index contributed by atoms with van der Waals surface area (Å²) in [6, 6.07) is 0. The van der Waals surface area contributed by atoms with E-state index in [4.69, 9.17) is 0 Å². The van der Waals surface area contributed by atoms with Crippen molar-refractivity contribution in [3.8, 4) is 0 Å². The van der Waals surface area contributed by atoms with Gasteiger partial charge in [-0.15, -0.1) is 0 Å². The standard InChI is InChI=1S/C5H8BrN3O2S/c1-9-3-5(2-7-9)8-12(10,11)4-6/h2-3,8H,4H2,1H3. The number of hydrogen-bond acceptors (Lipinski definition) is 3. The molecule has 0 saturated carbocycles. The van der Waals surface area contributed by atoms with Gasteiger partial charge in [0.05, 0.1) is 11.9 Å². The fraction of sp³-hybridized carbons (Fsp3) is 0.400. The molecule has 1 aromatic rings. The SMILES string of the molecule is Cn1cc(NS(=O)(=O)CBr)cn1. The highest BCUT2D eigenvalue weighted by Crippen LogP contribution is 2.07. The van der Waals surface area contributed by atoms with Crippen LogP contribution in [-0.2, 0) is 17.1 Å². The smallest absolute Gasteiger partial charge is 0.242 e. The number of anilines is 1. The third-order valence-corrected chi connectivity index (χ3v) is 3.76. The molecule has 1 aromatic heterocycles. The van der Waals surface area contributed by atoms with E-state index in [-0.39, 0.29) is 4.66 Å². The molecule has 1 heterocycles. The Morgan fingerprint density at radius 3 is 2.83 bits per heavy atom. The van der Waals surface area contributed by atoms with Gasteiger partial charge in [0.15, 0.2) is 0 Å². The lowest BCUT2D eigenvalue weighted by Crippen LogP contribution is -2.12. The van der Waals surface area contributed by atoms with Gasteiger partial charge in [-0.25, -0.2) is 8.42 Å². The summed E-state index contributed by atoms with van der Waals surface area (Å²) in [5.41, 5.74) is 0.469. The minimum Gasteiger partial charge on any atom is -0.280 e. The second kappa shape index (κ2) is 3.44. The molecule has 7 heteroatoms. The average Bonchev–Trinajstić information content (AvgIpc) is 2.35. The van der Waals surface area contributed by atoms with Crippen LogP contribution in [0.25, 0.3) is 0 Å². The number of sulfonamides is 1. The molecule has 68 valence electrons. The number of alkyl halides is 1. The summed E-state index contributed by atoms with van der Waals surface area (Å²) >= 11 is 2.86. The highest BCUT2D eigenvalue weighted by atomic mass is 79.9. The van der Waals surface area contributed by atoms with Crippen LogP contribution < -0.4 is 4.72 Å². The minimum absolute atomic E-state index is 0.116. The first-order chi connectivity index (χ1) is 5.53. The van der Waals surface area contributed by atoms with Gasteiger partial charge in [0.2, 0.25) is 10.0 Å². The van der Waals surface area contributed by atoms with Crippen LogP contribution in [0.1, 0.15) is 0 Å². The molecule has 0 aliphatic carbocycles. The lowest BCUT2D eigenvalue weighted by molar-refractivity contribution is 0.606. The zero-order valence-electron chi connectivity index (χ0n) is 6.36. The van der Waals surface area contributed by atoms with E-state index in [1.54, 1.807) is 13.2 Å². The predicted octanol–water partition coefficient (Wildman–Crippen LogP) is 0.514. The molecule has 0 amide bonds. The van der Waals surface area contributed by atoms with E-state index in [0.717, 1.165) is 0 Å². The van der Waals surface area contributed by atoms with Gasteiger partial charge < -0.3 is 0 Å². The van der Waals surface area contributed by atoms with Gasteiger partial charge in [-0.05, 0) is 0 Å². The summed E-state index contributed by atoms with van der Waals surface area (Å²) in [7, 11) is -1.53.